The second-order valence-electron chi connectivity index (χ2n) is 6.64. The van der Waals surface area contributed by atoms with E-state index in [4.69, 9.17) is 4.74 Å². The molecule has 0 atom stereocenters. The number of benzene rings is 2. The lowest BCUT2D eigenvalue weighted by molar-refractivity contribution is 0.0890. The first-order valence-corrected chi connectivity index (χ1v) is 7.90. The molecular formula is C20H25NO2. The fraction of sp³-hybridized carbons (Fsp3) is 0.350. The summed E-state index contributed by atoms with van der Waals surface area (Å²) in [7, 11) is 1.65. The van der Waals surface area contributed by atoms with Crippen LogP contribution in [0.2, 0.25) is 0 Å². The van der Waals surface area contributed by atoms with E-state index in [2.05, 4.69) is 19.2 Å². The van der Waals surface area contributed by atoms with E-state index < -0.39 is 0 Å². The van der Waals surface area contributed by atoms with Crippen LogP contribution in [-0.2, 0) is 0 Å². The first-order chi connectivity index (χ1) is 10.8. The van der Waals surface area contributed by atoms with E-state index in [1.165, 1.54) is 0 Å². The van der Waals surface area contributed by atoms with Crippen LogP contribution in [0.25, 0.3) is 11.1 Å². The van der Waals surface area contributed by atoms with Gasteiger partial charge in [-0.1, -0.05) is 38.1 Å². The summed E-state index contributed by atoms with van der Waals surface area (Å²) in [6.45, 7) is 8.29. The predicted molar refractivity (Wildman–Crippen MR) is 94.8 cm³/mol. The molecule has 23 heavy (non-hydrogen) atoms. The molecule has 0 spiro atoms. The van der Waals surface area contributed by atoms with Gasteiger partial charge in [-0.2, -0.15) is 0 Å². The van der Waals surface area contributed by atoms with E-state index in [0.717, 1.165) is 16.9 Å². The predicted octanol–water partition coefficient (Wildman–Crippen LogP) is 4.53. The van der Waals surface area contributed by atoms with E-state index in [1.807, 2.05) is 62.4 Å². The maximum absolute atomic E-state index is 12.4. The van der Waals surface area contributed by atoms with Crippen LogP contribution in [0.3, 0.4) is 0 Å². The number of rotatable bonds is 5. The van der Waals surface area contributed by atoms with Crippen LogP contribution < -0.4 is 10.1 Å². The zero-order valence-electron chi connectivity index (χ0n) is 14.5. The molecule has 2 aromatic carbocycles. The van der Waals surface area contributed by atoms with E-state index >= 15 is 0 Å². The SMILES string of the molecule is COc1ccc(-c2ccc(C(=O)NC(C)(C)C(C)C)cc2)cc1. The number of nitrogens with one attached hydrogen (secondary N) is 1. The van der Waals surface area contributed by atoms with Crippen molar-refractivity contribution in [1.29, 1.82) is 0 Å². The fourth-order valence-electron chi connectivity index (χ4n) is 2.11. The lowest BCUT2D eigenvalue weighted by atomic mass is 9.90. The summed E-state index contributed by atoms with van der Waals surface area (Å²) in [5.74, 6) is 1.16. The molecule has 0 aliphatic carbocycles. The smallest absolute Gasteiger partial charge is 0.251 e. The summed E-state index contributed by atoms with van der Waals surface area (Å²) in [4.78, 5) is 12.4. The number of hydrogen-bond acceptors (Lipinski definition) is 2. The minimum atomic E-state index is -0.230. The van der Waals surface area contributed by atoms with Crippen LogP contribution in [0.15, 0.2) is 48.5 Å². The molecule has 0 heterocycles. The van der Waals surface area contributed by atoms with Gasteiger partial charge in [0.15, 0.2) is 0 Å². The molecule has 0 saturated heterocycles. The Morgan fingerprint density at radius 1 is 0.957 bits per heavy atom. The minimum absolute atomic E-state index is 0.0371. The molecule has 0 aliphatic heterocycles. The standard InChI is InChI=1S/C20H25NO2/c1-14(2)20(3,4)21-19(22)17-8-6-15(7-9-17)16-10-12-18(23-5)13-11-16/h6-14H,1-5H3,(H,21,22). The van der Waals surface area contributed by atoms with Crippen molar-refractivity contribution in [3.05, 3.63) is 54.1 Å². The molecule has 0 aromatic heterocycles. The summed E-state index contributed by atoms with van der Waals surface area (Å²) >= 11 is 0. The van der Waals surface area contributed by atoms with Gasteiger partial charge in [-0.3, -0.25) is 4.79 Å². The molecule has 1 amide bonds. The first-order valence-electron chi connectivity index (χ1n) is 7.90. The van der Waals surface area contributed by atoms with Crippen LogP contribution in [0.1, 0.15) is 38.1 Å². The summed E-state index contributed by atoms with van der Waals surface area (Å²) in [5.41, 5.74) is 2.62. The molecule has 0 unspecified atom stereocenters. The zero-order chi connectivity index (χ0) is 17.0. The van der Waals surface area contributed by atoms with Crippen LogP contribution in [0.5, 0.6) is 5.75 Å². The summed E-state index contributed by atoms with van der Waals surface area (Å²) in [6, 6.07) is 15.6. The topological polar surface area (TPSA) is 38.3 Å². The highest BCUT2D eigenvalue weighted by molar-refractivity contribution is 5.95. The molecule has 122 valence electrons. The summed E-state index contributed by atoms with van der Waals surface area (Å²) in [6.07, 6.45) is 0. The van der Waals surface area contributed by atoms with Gasteiger partial charge in [0.2, 0.25) is 0 Å². The number of ether oxygens (including phenoxy) is 1. The molecule has 0 fully saturated rings. The van der Waals surface area contributed by atoms with Crippen LogP contribution in [0.4, 0.5) is 0 Å². The fourth-order valence-corrected chi connectivity index (χ4v) is 2.11. The third-order valence-electron chi connectivity index (χ3n) is 4.45. The third kappa shape index (κ3) is 4.13. The van der Waals surface area contributed by atoms with E-state index in [-0.39, 0.29) is 11.4 Å². The Morgan fingerprint density at radius 3 is 1.87 bits per heavy atom. The highest BCUT2D eigenvalue weighted by Gasteiger charge is 2.24. The van der Waals surface area contributed by atoms with Gasteiger partial charge in [-0.25, -0.2) is 0 Å². The number of methoxy groups -OCH3 is 1. The highest BCUT2D eigenvalue weighted by atomic mass is 16.5. The van der Waals surface area contributed by atoms with Crippen molar-refractivity contribution < 1.29 is 9.53 Å². The molecule has 2 aromatic rings. The third-order valence-corrected chi connectivity index (χ3v) is 4.45. The van der Waals surface area contributed by atoms with Crippen molar-refractivity contribution in [2.24, 2.45) is 5.92 Å². The molecule has 0 aliphatic rings. The van der Waals surface area contributed by atoms with Crippen molar-refractivity contribution in [3.63, 3.8) is 0 Å². The molecule has 3 nitrogen and oxygen atoms in total. The quantitative estimate of drug-likeness (QED) is 0.881. The van der Waals surface area contributed by atoms with Gasteiger partial charge < -0.3 is 10.1 Å². The largest absolute Gasteiger partial charge is 0.497 e. The van der Waals surface area contributed by atoms with Crippen LogP contribution in [0, 0.1) is 5.92 Å². The average molecular weight is 311 g/mol. The lowest BCUT2D eigenvalue weighted by Gasteiger charge is -2.30. The van der Waals surface area contributed by atoms with Gasteiger partial charge in [-0.15, -0.1) is 0 Å². The Kier molecular flexibility index (Phi) is 5.09. The van der Waals surface area contributed by atoms with Gasteiger partial charge in [0.1, 0.15) is 5.75 Å². The lowest BCUT2D eigenvalue weighted by Crippen LogP contribution is -2.47. The molecule has 0 saturated carbocycles. The second kappa shape index (κ2) is 6.86. The maximum Gasteiger partial charge on any atom is 0.251 e. The minimum Gasteiger partial charge on any atom is -0.497 e. The van der Waals surface area contributed by atoms with Crippen molar-refractivity contribution in [2.45, 2.75) is 33.2 Å². The maximum atomic E-state index is 12.4. The van der Waals surface area contributed by atoms with Crippen molar-refractivity contribution in [2.75, 3.05) is 7.11 Å². The number of carbonyl (C=O) groups is 1. The Morgan fingerprint density at radius 2 is 1.43 bits per heavy atom. The molecule has 0 bridgehead atoms. The molecule has 2 rings (SSSR count). The Balaban J connectivity index is 2.14. The molecule has 3 heteroatoms. The van der Waals surface area contributed by atoms with E-state index in [1.54, 1.807) is 7.11 Å². The molecule has 0 radical (unpaired) electrons. The zero-order valence-corrected chi connectivity index (χ0v) is 14.5. The Bertz CT molecular complexity index is 655. The Hall–Kier alpha value is -2.29. The van der Waals surface area contributed by atoms with Crippen molar-refractivity contribution >= 4 is 5.91 Å². The monoisotopic (exact) mass is 311 g/mol. The van der Waals surface area contributed by atoms with Crippen LogP contribution >= 0.6 is 0 Å². The van der Waals surface area contributed by atoms with Crippen molar-refractivity contribution in [3.8, 4) is 16.9 Å². The molecular weight excluding hydrogens is 286 g/mol. The van der Waals surface area contributed by atoms with Gasteiger partial charge in [-0.05, 0) is 55.2 Å². The number of carbonyl (C=O) groups excluding carboxylic acids is 1. The first kappa shape index (κ1) is 17.1. The normalized spacial score (nSPS) is 11.4. The van der Waals surface area contributed by atoms with Gasteiger partial charge in [0, 0.05) is 11.1 Å². The van der Waals surface area contributed by atoms with Crippen molar-refractivity contribution in [1.82, 2.24) is 5.32 Å². The van der Waals surface area contributed by atoms with Gasteiger partial charge in [0.05, 0.1) is 7.11 Å². The van der Waals surface area contributed by atoms with E-state index in [9.17, 15) is 4.79 Å². The summed E-state index contributed by atoms with van der Waals surface area (Å²) < 4.78 is 5.17. The Labute approximate surface area is 138 Å². The van der Waals surface area contributed by atoms with Gasteiger partial charge in [0.25, 0.3) is 5.91 Å². The van der Waals surface area contributed by atoms with E-state index in [0.29, 0.717) is 11.5 Å². The summed E-state index contributed by atoms with van der Waals surface area (Å²) in [5, 5.41) is 3.09. The highest BCUT2D eigenvalue weighted by Crippen LogP contribution is 2.23. The molecule has 1 N–H and O–H groups in total. The number of hydrogen-bond donors (Lipinski definition) is 1. The second-order valence-corrected chi connectivity index (χ2v) is 6.64. The van der Waals surface area contributed by atoms with Gasteiger partial charge >= 0.3 is 0 Å². The van der Waals surface area contributed by atoms with Crippen LogP contribution in [-0.4, -0.2) is 18.6 Å². The average Bonchev–Trinajstić information content (AvgIpc) is 2.54. The number of amides is 1.